The monoisotopic (exact) mass is 404 g/mol. The number of allylic oxidation sites excluding steroid dienone is 1. The van der Waals surface area contributed by atoms with Crippen molar-refractivity contribution in [2.24, 2.45) is 11.8 Å². The van der Waals surface area contributed by atoms with Crippen LogP contribution in [0.15, 0.2) is 29.8 Å². The van der Waals surface area contributed by atoms with E-state index in [4.69, 9.17) is 14.2 Å². The van der Waals surface area contributed by atoms with Gasteiger partial charge in [-0.15, -0.1) is 0 Å². The van der Waals surface area contributed by atoms with Gasteiger partial charge in [-0.25, -0.2) is 4.79 Å². The van der Waals surface area contributed by atoms with Crippen LogP contribution in [0, 0.1) is 11.8 Å². The summed E-state index contributed by atoms with van der Waals surface area (Å²) >= 11 is 0. The molecular formula is C23H32O6. The molecule has 1 saturated heterocycles. The Morgan fingerprint density at radius 2 is 2.07 bits per heavy atom. The predicted octanol–water partition coefficient (Wildman–Crippen LogP) is 3.85. The topological polar surface area (TPSA) is 88.5 Å². The smallest absolute Gasteiger partial charge is 0.338 e. The lowest BCUT2D eigenvalue weighted by atomic mass is 9.78. The Morgan fingerprint density at radius 1 is 1.34 bits per heavy atom. The van der Waals surface area contributed by atoms with Gasteiger partial charge >= 0.3 is 5.97 Å². The molecule has 1 aromatic carbocycles. The Bertz CT molecular complexity index is 786. The molecule has 1 aliphatic carbocycles. The van der Waals surface area contributed by atoms with E-state index in [1.165, 1.54) is 19.2 Å². The minimum atomic E-state index is -0.715. The Kier molecular flexibility index (Phi) is 6.24. The Labute approximate surface area is 172 Å². The van der Waals surface area contributed by atoms with Crippen molar-refractivity contribution in [1.29, 1.82) is 0 Å². The molecule has 6 heteroatoms. The van der Waals surface area contributed by atoms with Crippen LogP contribution >= 0.6 is 0 Å². The number of rotatable bonds is 4. The zero-order chi connectivity index (χ0) is 21.3. The Morgan fingerprint density at radius 3 is 2.69 bits per heavy atom. The summed E-state index contributed by atoms with van der Waals surface area (Å²) in [6.07, 6.45) is 3.00. The van der Waals surface area contributed by atoms with E-state index >= 15 is 0 Å². The summed E-state index contributed by atoms with van der Waals surface area (Å²) in [6, 6.07) is 4.43. The van der Waals surface area contributed by atoms with Gasteiger partial charge in [-0.3, -0.25) is 0 Å². The zero-order valence-electron chi connectivity index (χ0n) is 17.8. The van der Waals surface area contributed by atoms with Gasteiger partial charge in [0.15, 0.2) is 11.5 Å². The van der Waals surface area contributed by atoms with E-state index in [1.54, 1.807) is 6.07 Å². The van der Waals surface area contributed by atoms with Gasteiger partial charge in [0.25, 0.3) is 0 Å². The van der Waals surface area contributed by atoms with Crippen molar-refractivity contribution in [3.63, 3.8) is 0 Å². The maximum Gasteiger partial charge on any atom is 0.338 e. The fourth-order valence-corrected chi connectivity index (χ4v) is 4.42. The maximum absolute atomic E-state index is 12.8. The number of methoxy groups -OCH3 is 1. The second-order valence-corrected chi connectivity index (χ2v) is 8.79. The zero-order valence-corrected chi connectivity index (χ0v) is 17.8. The number of hydrogen-bond donors (Lipinski definition) is 2. The molecular weight excluding hydrogens is 372 g/mol. The molecule has 0 saturated carbocycles. The van der Waals surface area contributed by atoms with Crippen molar-refractivity contribution in [2.45, 2.75) is 70.9 Å². The lowest BCUT2D eigenvalue weighted by Crippen LogP contribution is -2.43. The van der Waals surface area contributed by atoms with Crippen LogP contribution < -0.4 is 4.74 Å². The normalized spacial score (nSPS) is 32.2. The minimum Gasteiger partial charge on any atom is -0.504 e. The van der Waals surface area contributed by atoms with Crippen molar-refractivity contribution in [2.75, 3.05) is 7.11 Å². The SMILES string of the molecule is COc1ccc(C(=O)OC2CC(C)=CCCC3(C)OC3C(O)C2C(C)C)cc1O. The Hall–Kier alpha value is -2.05. The van der Waals surface area contributed by atoms with Crippen molar-refractivity contribution < 1.29 is 29.2 Å². The Balaban J connectivity index is 1.87. The standard InChI is InChI=1S/C23H32O6/c1-13(2)19-18(28-22(26)15-8-9-17(27-5)16(24)12-15)11-14(3)7-6-10-23(4)21(29-23)20(19)25/h7-9,12-13,18-21,24-25H,6,10-11H2,1-5H3. The second-order valence-electron chi connectivity index (χ2n) is 8.79. The van der Waals surface area contributed by atoms with E-state index in [2.05, 4.69) is 6.08 Å². The number of carbonyl (C=O) groups is 1. The summed E-state index contributed by atoms with van der Waals surface area (Å²) in [6.45, 7) is 8.11. The highest BCUT2D eigenvalue weighted by atomic mass is 16.6. The molecule has 0 radical (unpaired) electrons. The van der Waals surface area contributed by atoms with Gasteiger partial charge in [0, 0.05) is 12.3 Å². The third-order valence-electron chi connectivity index (χ3n) is 6.17. The largest absolute Gasteiger partial charge is 0.504 e. The van der Waals surface area contributed by atoms with Crippen molar-refractivity contribution in [3.05, 3.63) is 35.4 Å². The van der Waals surface area contributed by atoms with E-state index in [-0.39, 0.29) is 34.9 Å². The quantitative estimate of drug-likeness (QED) is 0.450. The van der Waals surface area contributed by atoms with Gasteiger partial charge in [-0.05, 0) is 50.8 Å². The molecule has 0 amide bonds. The number of phenolic OH excluding ortho intramolecular Hbond substituents is 1. The number of fused-ring (bicyclic) bond motifs is 1. The highest BCUT2D eigenvalue weighted by molar-refractivity contribution is 5.90. The molecule has 0 aromatic heterocycles. The predicted molar refractivity (Wildman–Crippen MR) is 109 cm³/mol. The first-order chi connectivity index (χ1) is 13.7. The molecule has 1 aliphatic heterocycles. The molecule has 29 heavy (non-hydrogen) atoms. The lowest BCUT2D eigenvalue weighted by molar-refractivity contribution is -0.0419. The molecule has 1 aromatic rings. The molecule has 1 heterocycles. The molecule has 0 spiro atoms. The third kappa shape index (κ3) is 4.59. The molecule has 160 valence electrons. The number of esters is 1. The number of phenols is 1. The van der Waals surface area contributed by atoms with Gasteiger partial charge in [0.05, 0.1) is 24.4 Å². The van der Waals surface area contributed by atoms with Crippen molar-refractivity contribution >= 4 is 5.97 Å². The molecule has 0 bridgehead atoms. The fourth-order valence-electron chi connectivity index (χ4n) is 4.42. The summed E-state index contributed by atoms with van der Waals surface area (Å²) in [5.41, 5.74) is 1.05. The van der Waals surface area contributed by atoms with Crippen LogP contribution in [-0.4, -0.2) is 47.2 Å². The third-order valence-corrected chi connectivity index (χ3v) is 6.17. The molecule has 3 rings (SSSR count). The van der Waals surface area contributed by atoms with E-state index in [0.29, 0.717) is 12.2 Å². The molecule has 6 nitrogen and oxygen atoms in total. The van der Waals surface area contributed by atoms with Crippen LogP contribution in [0.2, 0.25) is 0 Å². The average Bonchev–Trinajstić information content (AvgIpc) is 3.32. The van der Waals surface area contributed by atoms with E-state index in [1.807, 2.05) is 27.7 Å². The van der Waals surface area contributed by atoms with E-state index < -0.39 is 18.2 Å². The van der Waals surface area contributed by atoms with Gasteiger partial charge in [-0.2, -0.15) is 0 Å². The average molecular weight is 405 g/mol. The van der Waals surface area contributed by atoms with Gasteiger partial charge < -0.3 is 24.4 Å². The van der Waals surface area contributed by atoms with Crippen molar-refractivity contribution in [1.82, 2.24) is 0 Å². The first kappa shape index (κ1) is 21.7. The fraction of sp³-hybridized carbons (Fsp3) is 0.609. The minimum absolute atomic E-state index is 0.0905. The summed E-state index contributed by atoms with van der Waals surface area (Å²) in [4.78, 5) is 12.8. The number of carbonyl (C=O) groups excluding carboxylic acids is 1. The van der Waals surface area contributed by atoms with Crippen LogP contribution in [0.4, 0.5) is 0 Å². The van der Waals surface area contributed by atoms with Crippen LogP contribution in [-0.2, 0) is 9.47 Å². The van der Waals surface area contributed by atoms with Crippen molar-refractivity contribution in [3.8, 4) is 11.5 Å². The summed E-state index contributed by atoms with van der Waals surface area (Å²) in [5.74, 6) is -0.534. The lowest BCUT2D eigenvalue weighted by Gasteiger charge is -2.34. The van der Waals surface area contributed by atoms with Crippen LogP contribution in [0.1, 0.15) is 57.3 Å². The molecule has 2 aliphatic rings. The summed E-state index contributed by atoms with van der Waals surface area (Å²) in [7, 11) is 1.45. The number of hydrogen-bond acceptors (Lipinski definition) is 6. The second kappa shape index (κ2) is 8.36. The highest BCUT2D eigenvalue weighted by Crippen LogP contribution is 2.47. The summed E-state index contributed by atoms with van der Waals surface area (Å²) < 4.78 is 16.8. The first-order valence-corrected chi connectivity index (χ1v) is 10.3. The van der Waals surface area contributed by atoms with Gasteiger partial charge in [0.1, 0.15) is 12.2 Å². The first-order valence-electron chi connectivity index (χ1n) is 10.3. The number of aliphatic hydroxyl groups is 1. The molecule has 2 N–H and O–H groups in total. The highest BCUT2D eigenvalue weighted by Gasteiger charge is 2.58. The van der Waals surface area contributed by atoms with Gasteiger partial charge in [-0.1, -0.05) is 25.5 Å². The number of benzene rings is 1. The van der Waals surface area contributed by atoms with Gasteiger partial charge in [0.2, 0.25) is 0 Å². The number of epoxide rings is 1. The van der Waals surface area contributed by atoms with Crippen LogP contribution in [0.3, 0.4) is 0 Å². The number of aliphatic hydroxyl groups excluding tert-OH is 1. The molecule has 1 fully saturated rings. The molecule has 5 unspecified atom stereocenters. The molecule has 5 atom stereocenters. The summed E-state index contributed by atoms with van der Waals surface area (Å²) in [5, 5.41) is 21.1. The van der Waals surface area contributed by atoms with E-state index in [0.717, 1.165) is 18.4 Å². The van der Waals surface area contributed by atoms with Crippen LogP contribution in [0.25, 0.3) is 0 Å². The number of ether oxygens (including phenoxy) is 3. The van der Waals surface area contributed by atoms with E-state index in [9.17, 15) is 15.0 Å². The van der Waals surface area contributed by atoms with Crippen LogP contribution in [0.5, 0.6) is 11.5 Å². The maximum atomic E-state index is 12.8. The number of aromatic hydroxyl groups is 1.